The third kappa shape index (κ3) is 4.93. The van der Waals surface area contributed by atoms with Crippen LogP contribution < -0.4 is 5.32 Å². The van der Waals surface area contributed by atoms with Crippen molar-refractivity contribution in [2.75, 3.05) is 20.1 Å². The molecular formula is C18H27IN6. The van der Waals surface area contributed by atoms with Crippen molar-refractivity contribution in [3.8, 4) is 0 Å². The molecular weight excluding hydrogens is 427 g/mol. The topological polar surface area (TPSA) is 69.2 Å². The van der Waals surface area contributed by atoms with Crippen LogP contribution in [-0.4, -0.2) is 46.2 Å². The van der Waals surface area contributed by atoms with E-state index in [0.717, 1.165) is 50.7 Å². The number of nitrogens with one attached hydrogen (secondary N) is 2. The molecule has 0 unspecified atom stereocenters. The number of aryl methyl sites for hydroxylation is 1. The third-order valence-corrected chi connectivity index (χ3v) is 4.76. The molecule has 0 spiro atoms. The molecule has 1 aromatic carbocycles. The van der Waals surface area contributed by atoms with Crippen LogP contribution in [0.15, 0.2) is 35.6 Å². The van der Waals surface area contributed by atoms with Gasteiger partial charge in [0.25, 0.3) is 0 Å². The molecule has 25 heavy (non-hydrogen) atoms. The minimum Gasteiger partial charge on any atom is -0.352 e. The van der Waals surface area contributed by atoms with Crippen LogP contribution in [0, 0.1) is 0 Å². The van der Waals surface area contributed by atoms with Crippen molar-refractivity contribution in [1.29, 1.82) is 0 Å². The molecule has 1 aromatic heterocycles. The first kappa shape index (κ1) is 19.7. The number of likely N-dealkylation sites (tertiary alicyclic amines) is 1. The fourth-order valence-electron chi connectivity index (χ4n) is 3.36. The van der Waals surface area contributed by atoms with Crippen molar-refractivity contribution >= 4 is 29.9 Å². The average Bonchev–Trinajstić information content (AvgIpc) is 3.18. The lowest BCUT2D eigenvalue weighted by Gasteiger charge is -2.33. The molecule has 1 aliphatic heterocycles. The number of H-pyrrole nitrogens is 1. The highest BCUT2D eigenvalue weighted by Gasteiger charge is 2.24. The third-order valence-electron chi connectivity index (χ3n) is 4.76. The Balaban J connectivity index is 0.00000225. The Hall–Kier alpha value is -1.64. The van der Waals surface area contributed by atoms with E-state index in [1.54, 1.807) is 6.33 Å². The number of guanidine groups is 1. The van der Waals surface area contributed by atoms with Gasteiger partial charge in [-0.1, -0.05) is 31.2 Å². The maximum Gasteiger partial charge on any atom is 0.193 e. The van der Waals surface area contributed by atoms with Crippen LogP contribution in [0.5, 0.6) is 0 Å². The molecule has 1 aliphatic rings. The maximum atomic E-state index is 4.47. The molecule has 0 atom stereocenters. The first-order valence-corrected chi connectivity index (χ1v) is 8.69. The van der Waals surface area contributed by atoms with Gasteiger partial charge in [-0.3, -0.25) is 10.1 Å². The van der Waals surface area contributed by atoms with Gasteiger partial charge < -0.3 is 10.2 Å². The van der Waals surface area contributed by atoms with E-state index in [1.165, 1.54) is 11.1 Å². The highest BCUT2D eigenvalue weighted by atomic mass is 127. The first-order chi connectivity index (χ1) is 11.8. The second kappa shape index (κ2) is 9.74. The van der Waals surface area contributed by atoms with Crippen molar-refractivity contribution in [2.24, 2.45) is 4.99 Å². The van der Waals surface area contributed by atoms with Crippen LogP contribution in [0.4, 0.5) is 0 Å². The van der Waals surface area contributed by atoms with Crippen LogP contribution in [0.25, 0.3) is 0 Å². The SMILES string of the molecule is CCc1ccccc1CNC(=NC)N1CCC(c2ncn[nH]2)CC1.I. The smallest absolute Gasteiger partial charge is 0.193 e. The Labute approximate surface area is 166 Å². The maximum absolute atomic E-state index is 4.47. The second-order valence-corrected chi connectivity index (χ2v) is 6.16. The number of aliphatic imine (C=N–C) groups is 1. The number of hydrogen-bond donors (Lipinski definition) is 2. The molecule has 0 bridgehead atoms. The molecule has 3 rings (SSSR count). The van der Waals surface area contributed by atoms with Gasteiger partial charge in [-0.2, -0.15) is 5.10 Å². The minimum atomic E-state index is 0. The van der Waals surface area contributed by atoms with Gasteiger partial charge in [-0.25, -0.2) is 4.98 Å². The van der Waals surface area contributed by atoms with E-state index in [1.807, 2.05) is 7.05 Å². The molecule has 0 amide bonds. The van der Waals surface area contributed by atoms with Crippen LogP contribution in [-0.2, 0) is 13.0 Å². The van der Waals surface area contributed by atoms with Gasteiger partial charge in [0.2, 0.25) is 0 Å². The van der Waals surface area contributed by atoms with Crippen LogP contribution in [0.1, 0.15) is 42.6 Å². The Kier molecular flexibility index (Phi) is 7.67. The number of nitrogens with zero attached hydrogens (tertiary/aromatic N) is 4. The lowest BCUT2D eigenvalue weighted by Crippen LogP contribution is -2.45. The van der Waals surface area contributed by atoms with Gasteiger partial charge >= 0.3 is 0 Å². The van der Waals surface area contributed by atoms with Crippen molar-refractivity contribution < 1.29 is 0 Å². The number of piperidine rings is 1. The summed E-state index contributed by atoms with van der Waals surface area (Å²) < 4.78 is 0. The molecule has 6 nitrogen and oxygen atoms in total. The first-order valence-electron chi connectivity index (χ1n) is 8.69. The summed E-state index contributed by atoms with van der Waals surface area (Å²) in [4.78, 5) is 11.1. The molecule has 2 N–H and O–H groups in total. The standard InChI is InChI=1S/C18H26N6.HI/c1-3-14-6-4-5-7-16(14)12-20-18(19-2)24-10-8-15(9-11-24)17-21-13-22-23-17;/h4-7,13,15H,3,8-12H2,1-2H3,(H,19,20)(H,21,22,23);1H. The largest absolute Gasteiger partial charge is 0.352 e. The fraction of sp³-hybridized carbons (Fsp3) is 0.500. The molecule has 136 valence electrons. The van der Waals surface area contributed by atoms with E-state index in [0.29, 0.717) is 5.92 Å². The summed E-state index contributed by atoms with van der Waals surface area (Å²) in [6, 6.07) is 8.59. The Morgan fingerprint density at radius 2 is 2.00 bits per heavy atom. The zero-order chi connectivity index (χ0) is 16.8. The summed E-state index contributed by atoms with van der Waals surface area (Å²) in [5.41, 5.74) is 2.74. The summed E-state index contributed by atoms with van der Waals surface area (Å²) in [5.74, 6) is 2.47. The van der Waals surface area contributed by atoms with E-state index in [2.05, 4.69) is 61.6 Å². The molecule has 2 aromatic rings. The second-order valence-electron chi connectivity index (χ2n) is 6.16. The summed E-state index contributed by atoms with van der Waals surface area (Å²) in [6.45, 7) is 4.99. The fourth-order valence-corrected chi connectivity index (χ4v) is 3.36. The van der Waals surface area contributed by atoms with E-state index in [9.17, 15) is 0 Å². The predicted molar refractivity (Wildman–Crippen MR) is 111 cm³/mol. The number of benzene rings is 1. The zero-order valence-corrected chi connectivity index (χ0v) is 17.2. The van der Waals surface area contributed by atoms with Gasteiger partial charge in [0, 0.05) is 32.6 Å². The Morgan fingerprint density at radius 3 is 2.60 bits per heavy atom. The number of aromatic nitrogens is 3. The lowest BCUT2D eigenvalue weighted by molar-refractivity contribution is 0.298. The highest BCUT2D eigenvalue weighted by Crippen LogP contribution is 2.24. The number of aromatic amines is 1. The summed E-state index contributed by atoms with van der Waals surface area (Å²) >= 11 is 0. The van der Waals surface area contributed by atoms with Gasteiger partial charge in [-0.05, 0) is 30.4 Å². The number of halogens is 1. The van der Waals surface area contributed by atoms with E-state index < -0.39 is 0 Å². The zero-order valence-electron chi connectivity index (χ0n) is 14.9. The molecule has 1 saturated heterocycles. The number of rotatable bonds is 4. The molecule has 0 radical (unpaired) electrons. The van der Waals surface area contributed by atoms with Gasteiger partial charge in [0.05, 0.1) is 0 Å². The minimum absolute atomic E-state index is 0. The highest BCUT2D eigenvalue weighted by molar-refractivity contribution is 14.0. The van der Waals surface area contributed by atoms with Crippen molar-refractivity contribution in [3.05, 3.63) is 47.5 Å². The van der Waals surface area contributed by atoms with E-state index >= 15 is 0 Å². The van der Waals surface area contributed by atoms with Crippen LogP contribution >= 0.6 is 24.0 Å². The Bertz CT molecular complexity index is 662. The molecule has 0 saturated carbocycles. The van der Waals surface area contributed by atoms with Crippen LogP contribution in [0.2, 0.25) is 0 Å². The lowest BCUT2D eigenvalue weighted by atomic mass is 9.96. The van der Waals surface area contributed by atoms with E-state index in [-0.39, 0.29) is 24.0 Å². The average molecular weight is 454 g/mol. The number of hydrogen-bond acceptors (Lipinski definition) is 3. The normalized spacial score (nSPS) is 15.8. The molecule has 0 aliphatic carbocycles. The van der Waals surface area contributed by atoms with Crippen molar-refractivity contribution in [2.45, 2.75) is 38.6 Å². The van der Waals surface area contributed by atoms with Gasteiger partial charge in [0.1, 0.15) is 12.2 Å². The molecule has 7 heteroatoms. The van der Waals surface area contributed by atoms with Gasteiger partial charge in [0.15, 0.2) is 5.96 Å². The monoisotopic (exact) mass is 454 g/mol. The van der Waals surface area contributed by atoms with Crippen molar-refractivity contribution in [3.63, 3.8) is 0 Å². The molecule has 2 heterocycles. The quantitative estimate of drug-likeness (QED) is 0.424. The van der Waals surface area contributed by atoms with Crippen LogP contribution in [0.3, 0.4) is 0 Å². The summed E-state index contributed by atoms with van der Waals surface area (Å²) in [5, 5.41) is 10.5. The van der Waals surface area contributed by atoms with Gasteiger partial charge in [-0.15, -0.1) is 24.0 Å². The molecule has 1 fully saturated rings. The Morgan fingerprint density at radius 1 is 1.28 bits per heavy atom. The van der Waals surface area contributed by atoms with Crippen molar-refractivity contribution in [1.82, 2.24) is 25.4 Å². The summed E-state index contributed by atoms with van der Waals surface area (Å²) in [7, 11) is 1.86. The predicted octanol–water partition coefficient (Wildman–Crippen LogP) is 2.94. The van der Waals surface area contributed by atoms with E-state index in [4.69, 9.17) is 0 Å². The summed E-state index contributed by atoms with van der Waals surface area (Å²) in [6.07, 6.45) is 4.79.